The fourth-order valence-corrected chi connectivity index (χ4v) is 1.87. The highest BCUT2D eigenvalue weighted by atomic mass is 127. The van der Waals surface area contributed by atoms with E-state index in [0.717, 1.165) is 5.56 Å². The maximum atomic E-state index is 13.6. The van der Waals surface area contributed by atoms with E-state index >= 15 is 0 Å². The van der Waals surface area contributed by atoms with Crippen LogP contribution in [0.3, 0.4) is 0 Å². The van der Waals surface area contributed by atoms with Gasteiger partial charge in [0, 0.05) is 34.1 Å². The first-order valence-corrected chi connectivity index (χ1v) is 7.28. The lowest BCUT2D eigenvalue weighted by atomic mass is 10.1. The Kier molecular flexibility index (Phi) is 9.78. The molecule has 0 radical (unpaired) electrons. The van der Waals surface area contributed by atoms with E-state index in [-0.39, 0.29) is 41.7 Å². The Morgan fingerprint density at radius 2 is 2.04 bits per heavy atom. The van der Waals surface area contributed by atoms with Gasteiger partial charge in [-0.15, -0.1) is 24.0 Å². The molecule has 1 amide bonds. The number of aliphatic imine (C=N–C) groups is 1. The average molecular weight is 436 g/mol. The molecule has 2 N–H and O–H groups in total. The molecule has 0 aliphatic carbocycles. The summed E-state index contributed by atoms with van der Waals surface area (Å²) in [6.45, 7) is 4.16. The summed E-state index contributed by atoms with van der Waals surface area (Å²) in [5.74, 6) is 0.419. The molecule has 0 aliphatic heterocycles. The smallest absolute Gasteiger partial charge is 0.223 e. The molecule has 1 unspecified atom stereocenters. The average Bonchev–Trinajstić information content (AvgIpc) is 2.48. The lowest BCUT2D eigenvalue weighted by Crippen LogP contribution is -2.40. The third kappa shape index (κ3) is 7.15. The molecule has 1 atom stereocenters. The van der Waals surface area contributed by atoms with Crippen molar-refractivity contribution in [3.63, 3.8) is 0 Å². The first-order valence-electron chi connectivity index (χ1n) is 7.28. The second kappa shape index (κ2) is 10.4. The molecule has 1 rings (SSSR count). The predicted octanol–water partition coefficient (Wildman–Crippen LogP) is 2.46. The lowest BCUT2D eigenvalue weighted by molar-refractivity contribution is -0.128. The van der Waals surface area contributed by atoms with Crippen LogP contribution in [-0.4, -0.2) is 44.5 Å². The van der Waals surface area contributed by atoms with Gasteiger partial charge >= 0.3 is 0 Å². The number of halogens is 2. The topological polar surface area (TPSA) is 56.7 Å². The van der Waals surface area contributed by atoms with E-state index in [9.17, 15) is 9.18 Å². The van der Waals surface area contributed by atoms with Gasteiger partial charge in [0.25, 0.3) is 0 Å². The van der Waals surface area contributed by atoms with Crippen LogP contribution in [-0.2, 0) is 4.79 Å². The van der Waals surface area contributed by atoms with Crippen molar-refractivity contribution in [2.45, 2.75) is 26.3 Å². The summed E-state index contributed by atoms with van der Waals surface area (Å²) >= 11 is 0. The minimum absolute atomic E-state index is 0. The zero-order chi connectivity index (χ0) is 16.7. The van der Waals surface area contributed by atoms with Crippen molar-refractivity contribution in [2.75, 3.05) is 27.7 Å². The number of hydrogen-bond donors (Lipinski definition) is 2. The normalized spacial score (nSPS) is 12.2. The van der Waals surface area contributed by atoms with Crippen molar-refractivity contribution in [1.82, 2.24) is 15.5 Å². The van der Waals surface area contributed by atoms with Gasteiger partial charge in [0.2, 0.25) is 5.91 Å². The monoisotopic (exact) mass is 436 g/mol. The molecule has 0 spiro atoms. The number of nitrogens with one attached hydrogen (secondary N) is 2. The molecule has 23 heavy (non-hydrogen) atoms. The summed E-state index contributed by atoms with van der Waals surface area (Å²) in [7, 11) is 5.11. The molecule has 0 saturated heterocycles. The van der Waals surface area contributed by atoms with Gasteiger partial charge in [-0.2, -0.15) is 0 Å². The second-order valence-electron chi connectivity index (χ2n) is 5.41. The molecule has 0 bridgehead atoms. The van der Waals surface area contributed by atoms with E-state index in [2.05, 4.69) is 15.6 Å². The number of guanidine groups is 1. The van der Waals surface area contributed by atoms with E-state index in [4.69, 9.17) is 0 Å². The third-order valence-corrected chi connectivity index (χ3v) is 3.40. The minimum atomic E-state index is -0.217. The summed E-state index contributed by atoms with van der Waals surface area (Å²) in [5, 5.41) is 6.26. The van der Waals surface area contributed by atoms with Crippen LogP contribution in [0.25, 0.3) is 0 Å². The molecule has 130 valence electrons. The van der Waals surface area contributed by atoms with E-state index in [1.807, 2.05) is 13.0 Å². The van der Waals surface area contributed by atoms with Crippen LogP contribution in [0.1, 0.15) is 30.5 Å². The zero-order valence-electron chi connectivity index (χ0n) is 14.3. The van der Waals surface area contributed by atoms with Crippen molar-refractivity contribution < 1.29 is 9.18 Å². The molecule has 7 heteroatoms. The molecule has 0 heterocycles. The standard InChI is InChI=1S/C16H25FN4O.HI/c1-11-6-7-13(10-14(11)17)12(2)20-16(18-3)19-9-8-15(22)21(4)5;/h6-7,10,12H,8-9H2,1-5H3,(H2,18,19,20);1H. The number of rotatable bonds is 5. The molecule has 0 aliphatic rings. The third-order valence-electron chi connectivity index (χ3n) is 3.40. The van der Waals surface area contributed by atoms with Gasteiger partial charge in [-0.05, 0) is 31.0 Å². The highest BCUT2D eigenvalue weighted by molar-refractivity contribution is 14.0. The van der Waals surface area contributed by atoms with E-state index in [1.54, 1.807) is 39.0 Å². The SMILES string of the molecule is CN=C(NCCC(=O)N(C)C)NC(C)c1ccc(C)c(F)c1.I. The first kappa shape index (κ1) is 21.6. The first-order chi connectivity index (χ1) is 10.3. The Hall–Kier alpha value is -1.38. The fraction of sp³-hybridized carbons (Fsp3) is 0.500. The minimum Gasteiger partial charge on any atom is -0.356 e. The van der Waals surface area contributed by atoms with Crippen LogP contribution >= 0.6 is 24.0 Å². The molecule has 1 aromatic rings. The number of hydrogen-bond acceptors (Lipinski definition) is 2. The van der Waals surface area contributed by atoms with Crippen LogP contribution in [0.2, 0.25) is 0 Å². The van der Waals surface area contributed by atoms with Crippen molar-refractivity contribution >= 4 is 35.8 Å². The van der Waals surface area contributed by atoms with Gasteiger partial charge in [0.05, 0.1) is 6.04 Å². The molecule has 0 fully saturated rings. The van der Waals surface area contributed by atoms with Gasteiger partial charge in [-0.3, -0.25) is 9.79 Å². The van der Waals surface area contributed by atoms with Crippen LogP contribution < -0.4 is 10.6 Å². The summed E-state index contributed by atoms with van der Waals surface area (Å²) in [6, 6.07) is 5.08. The molecule has 0 aromatic heterocycles. The maximum Gasteiger partial charge on any atom is 0.223 e. The van der Waals surface area contributed by atoms with Gasteiger partial charge < -0.3 is 15.5 Å². The molecule has 1 aromatic carbocycles. The Morgan fingerprint density at radius 3 is 2.57 bits per heavy atom. The van der Waals surface area contributed by atoms with Gasteiger partial charge in [-0.1, -0.05) is 12.1 Å². The summed E-state index contributed by atoms with van der Waals surface area (Å²) in [5.41, 5.74) is 1.47. The van der Waals surface area contributed by atoms with Crippen LogP contribution in [0, 0.1) is 12.7 Å². The van der Waals surface area contributed by atoms with Gasteiger partial charge in [-0.25, -0.2) is 4.39 Å². The van der Waals surface area contributed by atoms with Crippen LogP contribution in [0.4, 0.5) is 4.39 Å². The Balaban J connectivity index is 0.00000484. The lowest BCUT2D eigenvalue weighted by Gasteiger charge is -2.19. The van der Waals surface area contributed by atoms with Gasteiger partial charge in [0.1, 0.15) is 5.82 Å². The van der Waals surface area contributed by atoms with E-state index in [1.165, 1.54) is 6.07 Å². The van der Waals surface area contributed by atoms with E-state index in [0.29, 0.717) is 24.5 Å². The van der Waals surface area contributed by atoms with Crippen LogP contribution in [0.5, 0.6) is 0 Å². The largest absolute Gasteiger partial charge is 0.356 e. The fourth-order valence-electron chi connectivity index (χ4n) is 1.87. The zero-order valence-corrected chi connectivity index (χ0v) is 16.6. The van der Waals surface area contributed by atoms with Crippen LogP contribution in [0.15, 0.2) is 23.2 Å². The maximum absolute atomic E-state index is 13.6. The summed E-state index contributed by atoms with van der Waals surface area (Å²) < 4.78 is 13.6. The number of carbonyl (C=O) groups excluding carboxylic acids is 1. The van der Waals surface area contributed by atoms with Crippen molar-refractivity contribution in [3.8, 4) is 0 Å². The Morgan fingerprint density at radius 1 is 1.39 bits per heavy atom. The van der Waals surface area contributed by atoms with Crippen molar-refractivity contribution in [2.24, 2.45) is 4.99 Å². The molecule has 0 saturated carbocycles. The molecular weight excluding hydrogens is 410 g/mol. The van der Waals surface area contributed by atoms with Gasteiger partial charge in [0.15, 0.2) is 5.96 Å². The summed E-state index contributed by atoms with van der Waals surface area (Å²) in [6.07, 6.45) is 0.390. The highest BCUT2D eigenvalue weighted by Gasteiger charge is 2.10. The number of aryl methyl sites for hydroxylation is 1. The summed E-state index contributed by atoms with van der Waals surface area (Å²) in [4.78, 5) is 17.2. The predicted molar refractivity (Wildman–Crippen MR) is 103 cm³/mol. The highest BCUT2D eigenvalue weighted by Crippen LogP contribution is 2.16. The number of carbonyl (C=O) groups is 1. The number of benzene rings is 1. The second-order valence-corrected chi connectivity index (χ2v) is 5.41. The van der Waals surface area contributed by atoms with Crippen molar-refractivity contribution in [3.05, 3.63) is 35.1 Å². The van der Waals surface area contributed by atoms with Crippen molar-refractivity contribution in [1.29, 1.82) is 0 Å². The van der Waals surface area contributed by atoms with E-state index < -0.39 is 0 Å². The number of amides is 1. The Bertz CT molecular complexity index is 549. The number of nitrogens with zero attached hydrogens (tertiary/aromatic N) is 2. The molecular formula is C16H26FIN4O. The molecule has 5 nitrogen and oxygen atoms in total. The Labute approximate surface area is 154 Å². The quantitative estimate of drug-likeness (QED) is 0.424.